The zero-order valence-electron chi connectivity index (χ0n) is 14.7. The maximum atomic E-state index is 12.4. The molecule has 0 aliphatic rings. The predicted octanol–water partition coefficient (Wildman–Crippen LogP) is 1.71. The lowest BCUT2D eigenvalue weighted by Gasteiger charge is -2.22. The summed E-state index contributed by atoms with van der Waals surface area (Å²) < 4.78 is 0. The van der Waals surface area contributed by atoms with Gasteiger partial charge in [0.15, 0.2) is 0 Å². The number of nitrogens with zero attached hydrogens (tertiary/aromatic N) is 2. The lowest BCUT2D eigenvalue weighted by atomic mass is 10.1. The fourth-order valence-electron chi connectivity index (χ4n) is 2.24. The van der Waals surface area contributed by atoms with Crippen LogP contribution in [0.25, 0.3) is 0 Å². The molecule has 4 N–H and O–H groups in total. The number of hydrazine groups is 1. The van der Waals surface area contributed by atoms with Crippen molar-refractivity contribution >= 4 is 29.1 Å². The molecule has 0 spiro atoms. The standard InChI is InChI=1S/C19H16ClN5O3/c1-11(26)17(23-15-7-6-14(10-22)16(20)8-15)19(28)25-24-18(27)13-4-2-12(9-21)3-5-13/h2-8,11,17,23,26H,1H3,(H,24,27)(H,25,28). The lowest BCUT2D eigenvalue weighted by Crippen LogP contribution is -2.52. The second kappa shape index (κ2) is 9.38. The Kier molecular flexibility index (Phi) is 6.94. The predicted molar refractivity (Wildman–Crippen MR) is 102 cm³/mol. The van der Waals surface area contributed by atoms with Gasteiger partial charge in [-0.2, -0.15) is 10.5 Å². The summed E-state index contributed by atoms with van der Waals surface area (Å²) in [7, 11) is 0. The molecule has 9 heteroatoms. The molecular formula is C19H16ClN5O3. The first-order chi connectivity index (χ1) is 13.3. The van der Waals surface area contributed by atoms with Gasteiger partial charge in [0.25, 0.3) is 11.8 Å². The summed E-state index contributed by atoms with van der Waals surface area (Å²) in [5.74, 6) is -1.26. The minimum absolute atomic E-state index is 0.200. The van der Waals surface area contributed by atoms with Crippen molar-refractivity contribution in [2.24, 2.45) is 0 Å². The first-order valence-electron chi connectivity index (χ1n) is 8.10. The molecule has 0 saturated heterocycles. The van der Waals surface area contributed by atoms with Gasteiger partial charge in [0.05, 0.1) is 28.3 Å². The molecule has 2 aromatic carbocycles. The minimum atomic E-state index is -1.10. The molecule has 8 nitrogen and oxygen atoms in total. The highest BCUT2D eigenvalue weighted by atomic mass is 35.5. The second-order valence-corrected chi connectivity index (χ2v) is 6.21. The highest BCUT2D eigenvalue weighted by Crippen LogP contribution is 2.21. The van der Waals surface area contributed by atoms with E-state index in [0.29, 0.717) is 11.3 Å². The van der Waals surface area contributed by atoms with Gasteiger partial charge < -0.3 is 10.4 Å². The summed E-state index contributed by atoms with van der Waals surface area (Å²) >= 11 is 5.96. The molecule has 0 aliphatic carbocycles. The van der Waals surface area contributed by atoms with E-state index in [1.165, 1.54) is 43.3 Å². The summed E-state index contributed by atoms with van der Waals surface area (Å²) in [4.78, 5) is 24.4. The molecule has 0 aromatic heterocycles. The van der Waals surface area contributed by atoms with Crippen molar-refractivity contribution in [2.45, 2.75) is 19.1 Å². The van der Waals surface area contributed by atoms with Gasteiger partial charge in [-0.25, -0.2) is 0 Å². The van der Waals surface area contributed by atoms with E-state index in [2.05, 4.69) is 16.2 Å². The highest BCUT2D eigenvalue weighted by molar-refractivity contribution is 6.32. The number of rotatable bonds is 5. The third kappa shape index (κ3) is 5.21. The van der Waals surface area contributed by atoms with Crippen LogP contribution in [0, 0.1) is 22.7 Å². The molecule has 0 heterocycles. The number of hydrogen-bond donors (Lipinski definition) is 4. The van der Waals surface area contributed by atoms with Crippen molar-refractivity contribution in [3.05, 3.63) is 64.2 Å². The normalized spacial score (nSPS) is 12.0. The Hall–Kier alpha value is -3.59. The number of halogens is 1. The fourth-order valence-corrected chi connectivity index (χ4v) is 2.47. The second-order valence-electron chi connectivity index (χ2n) is 5.80. The molecule has 2 aromatic rings. The molecule has 2 amide bonds. The molecule has 0 bridgehead atoms. The number of amides is 2. The van der Waals surface area contributed by atoms with E-state index in [4.69, 9.17) is 22.1 Å². The number of benzene rings is 2. The molecule has 142 valence electrons. The van der Waals surface area contributed by atoms with E-state index in [-0.39, 0.29) is 16.1 Å². The van der Waals surface area contributed by atoms with Gasteiger partial charge in [-0.1, -0.05) is 11.6 Å². The molecule has 28 heavy (non-hydrogen) atoms. The van der Waals surface area contributed by atoms with Gasteiger partial charge in [0.2, 0.25) is 0 Å². The maximum Gasteiger partial charge on any atom is 0.269 e. The van der Waals surface area contributed by atoms with Crippen molar-refractivity contribution in [1.82, 2.24) is 10.9 Å². The fraction of sp³-hybridized carbons (Fsp3) is 0.158. The first-order valence-corrected chi connectivity index (χ1v) is 8.48. The van der Waals surface area contributed by atoms with E-state index < -0.39 is 24.0 Å². The Bertz CT molecular complexity index is 961. The molecule has 2 rings (SSSR count). The van der Waals surface area contributed by atoms with Crippen molar-refractivity contribution < 1.29 is 14.7 Å². The Morgan fingerprint density at radius 3 is 2.29 bits per heavy atom. The van der Waals surface area contributed by atoms with Crippen molar-refractivity contribution in [3.8, 4) is 12.1 Å². The Morgan fingerprint density at radius 2 is 1.75 bits per heavy atom. The van der Waals surface area contributed by atoms with Crippen LogP contribution < -0.4 is 16.2 Å². The summed E-state index contributed by atoms with van der Waals surface area (Å²) in [6.45, 7) is 1.41. The zero-order valence-corrected chi connectivity index (χ0v) is 15.5. The Labute approximate surface area is 166 Å². The Balaban J connectivity index is 2.02. The molecular weight excluding hydrogens is 382 g/mol. The van der Waals surface area contributed by atoms with Crippen LogP contribution in [0.3, 0.4) is 0 Å². The third-order valence-corrected chi connectivity index (χ3v) is 4.06. The van der Waals surface area contributed by atoms with Gasteiger partial charge in [-0.05, 0) is 49.4 Å². The van der Waals surface area contributed by atoms with Crippen molar-refractivity contribution in [3.63, 3.8) is 0 Å². The number of anilines is 1. The number of carbonyl (C=O) groups is 2. The Morgan fingerprint density at radius 1 is 1.07 bits per heavy atom. The van der Waals surface area contributed by atoms with Crippen LogP contribution in [-0.4, -0.2) is 29.1 Å². The SMILES string of the molecule is CC(O)C(Nc1ccc(C#N)c(Cl)c1)C(=O)NNC(=O)c1ccc(C#N)cc1. The van der Waals surface area contributed by atoms with Gasteiger partial charge in [-0.15, -0.1) is 0 Å². The van der Waals surface area contributed by atoms with Gasteiger partial charge in [0.1, 0.15) is 12.1 Å². The monoisotopic (exact) mass is 397 g/mol. The van der Waals surface area contributed by atoms with Crippen LogP contribution in [0.5, 0.6) is 0 Å². The highest BCUT2D eigenvalue weighted by Gasteiger charge is 2.24. The summed E-state index contributed by atoms with van der Waals surface area (Å²) in [5, 5.41) is 30.6. The molecule has 0 fully saturated rings. The van der Waals surface area contributed by atoms with E-state index >= 15 is 0 Å². The summed E-state index contributed by atoms with van der Waals surface area (Å²) in [6.07, 6.45) is -1.10. The number of aliphatic hydroxyl groups excluding tert-OH is 1. The molecule has 0 aliphatic heterocycles. The minimum Gasteiger partial charge on any atom is -0.391 e. The first kappa shape index (κ1) is 20.7. The summed E-state index contributed by atoms with van der Waals surface area (Å²) in [6, 6.07) is 13.1. The molecule has 2 atom stereocenters. The van der Waals surface area contributed by atoms with Crippen LogP contribution in [-0.2, 0) is 4.79 Å². The van der Waals surface area contributed by atoms with Crippen LogP contribution >= 0.6 is 11.6 Å². The average molecular weight is 398 g/mol. The van der Waals surface area contributed by atoms with Crippen molar-refractivity contribution in [2.75, 3.05) is 5.32 Å². The third-order valence-electron chi connectivity index (χ3n) is 3.75. The zero-order chi connectivity index (χ0) is 20.7. The van der Waals surface area contributed by atoms with E-state index in [1.54, 1.807) is 6.07 Å². The van der Waals surface area contributed by atoms with E-state index in [1.807, 2.05) is 12.1 Å². The number of hydrogen-bond acceptors (Lipinski definition) is 6. The maximum absolute atomic E-state index is 12.4. The molecule has 2 unspecified atom stereocenters. The number of carbonyl (C=O) groups excluding carboxylic acids is 2. The van der Waals surface area contributed by atoms with Crippen LogP contribution in [0.15, 0.2) is 42.5 Å². The molecule has 0 saturated carbocycles. The van der Waals surface area contributed by atoms with Gasteiger partial charge in [-0.3, -0.25) is 20.4 Å². The van der Waals surface area contributed by atoms with Crippen LogP contribution in [0.2, 0.25) is 5.02 Å². The summed E-state index contributed by atoms with van der Waals surface area (Å²) in [5.41, 5.74) is 5.83. The number of nitrogens with one attached hydrogen (secondary N) is 3. The number of nitriles is 2. The molecule has 0 radical (unpaired) electrons. The van der Waals surface area contributed by atoms with E-state index in [9.17, 15) is 14.7 Å². The smallest absolute Gasteiger partial charge is 0.269 e. The van der Waals surface area contributed by atoms with Crippen LogP contribution in [0.4, 0.5) is 5.69 Å². The van der Waals surface area contributed by atoms with Crippen LogP contribution in [0.1, 0.15) is 28.4 Å². The average Bonchev–Trinajstić information content (AvgIpc) is 2.69. The quantitative estimate of drug-likeness (QED) is 0.566. The van der Waals surface area contributed by atoms with E-state index in [0.717, 1.165) is 0 Å². The number of aliphatic hydroxyl groups is 1. The topological polar surface area (TPSA) is 138 Å². The largest absolute Gasteiger partial charge is 0.391 e. The lowest BCUT2D eigenvalue weighted by molar-refractivity contribution is -0.124. The van der Waals surface area contributed by atoms with Crippen molar-refractivity contribution in [1.29, 1.82) is 10.5 Å². The van der Waals surface area contributed by atoms with Gasteiger partial charge >= 0.3 is 0 Å². The van der Waals surface area contributed by atoms with Gasteiger partial charge in [0, 0.05) is 11.3 Å².